The molecule has 3 heterocycles. The molecule has 2 aromatic heterocycles. The molecule has 1 aliphatic heterocycles. The van der Waals surface area contributed by atoms with Gasteiger partial charge in [0.15, 0.2) is 17.0 Å². The van der Waals surface area contributed by atoms with Crippen molar-refractivity contribution in [1.29, 1.82) is 0 Å². The number of nitrogen functional groups attached to an aromatic ring is 1. The molecule has 8 nitrogen and oxygen atoms in total. The predicted molar refractivity (Wildman–Crippen MR) is 90.7 cm³/mol. The summed E-state index contributed by atoms with van der Waals surface area (Å²) in [5.41, 5.74) is 6.74. The van der Waals surface area contributed by atoms with Crippen LogP contribution >= 0.6 is 0 Å². The van der Waals surface area contributed by atoms with Crippen molar-refractivity contribution in [2.45, 2.75) is 52.2 Å². The molecule has 0 bridgehead atoms. The molecule has 3 rings (SSSR count). The lowest BCUT2D eigenvalue weighted by atomic mass is 10.0. The van der Waals surface area contributed by atoms with E-state index in [2.05, 4.69) is 16.9 Å². The highest BCUT2D eigenvalue weighted by Crippen LogP contribution is 2.20. The van der Waals surface area contributed by atoms with Gasteiger partial charge in [0.2, 0.25) is 0 Å². The highest BCUT2D eigenvalue weighted by Gasteiger charge is 2.23. The normalized spacial score (nSPS) is 17.2. The molecule has 1 saturated heterocycles. The summed E-state index contributed by atoms with van der Waals surface area (Å²) in [6.45, 7) is 6.08. The van der Waals surface area contributed by atoms with Crippen LogP contribution in [0.4, 0.5) is 5.82 Å². The third-order valence-corrected chi connectivity index (χ3v) is 4.46. The lowest BCUT2D eigenvalue weighted by molar-refractivity contribution is 0.0406. The Morgan fingerprint density at radius 2 is 2.17 bits per heavy atom. The summed E-state index contributed by atoms with van der Waals surface area (Å²) in [6.07, 6.45) is 5.00. The Morgan fingerprint density at radius 3 is 2.88 bits per heavy atom. The monoisotopic (exact) mass is 335 g/mol. The largest absolute Gasteiger partial charge is 0.406 e. The molecule has 132 valence electrons. The van der Waals surface area contributed by atoms with Crippen molar-refractivity contribution in [3.63, 3.8) is 0 Å². The molecular weight excluding hydrogens is 310 g/mol. The second-order valence-electron chi connectivity index (χ2n) is 6.38. The third-order valence-electron chi connectivity index (χ3n) is 4.46. The molecule has 2 N–H and O–H groups in total. The first kappa shape index (κ1) is 16.8. The van der Waals surface area contributed by atoms with E-state index in [0.29, 0.717) is 23.6 Å². The molecule has 1 unspecified atom stereocenters. The van der Waals surface area contributed by atoms with Gasteiger partial charge in [-0.15, -0.1) is 4.73 Å². The zero-order chi connectivity index (χ0) is 17.1. The lowest BCUT2D eigenvalue weighted by Gasteiger charge is -2.21. The molecule has 0 radical (unpaired) electrons. The maximum Gasteiger partial charge on any atom is 0.363 e. The Labute approximate surface area is 140 Å². The first-order valence-corrected chi connectivity index (χ1v) is 8.58. The second kappa shape index (κ2) is 7.21. The highest BCUT2D eigenvalue weighted by molar-refractivity contribution is 5.81. The van der Waals surface area contributed by atoms with Crippen molar-refractivity contribution in [2.75, 3.05) is 18.9 Å². The number of hydrogen-bond acceptors (Lipinski definition) is 6. The minimum absolute atomic E-state index is 0.0885. The Morgan fingerprint density at radius 1 is 1.42 bits per heavy atom. The van der Waals surface area contributed by atoms with Crippen LogP contribution in [-0.2, 0) is 11.3 Å². The predicted octanol–water partition coefficient (Wildman–Crippen LogP) is 1.22. The van der Waals surface area contributed by atoms with Crippen molar-refractivity contribution < 1.29 is 9.57 Å². The highest BCUT2D eigenvalue weighted by atomic mass is 16.7. The lowest BCUT2D eigenvalue weighted by Crippen LogP contribution is -2.35. The number of imidazole rings is 1. The number of nitrogens with two attached hydrogens (primary N) is 1. The average molecular weight is 335 g/mol. The molecule has 8 heteroatoms. The van der Waals surface area contributed by atoms with Gasteiger partial charge in [-0.1, -0.05) is 13.3 Å². The van der Waals surface area contributed by atoms with E-state index in [1.807, 2.05) is 6.92 Å². The number of nitrogens with zero attached hydrogens (tertiary/aromatic N) is 4. The summed E-state index contributed by atoms with van der Waals surface area (Å²) < 4.78 is 8.32. The summed E-state index contributed by atoms with van der Waals surface area (Å²) >= 11 is 0. The topological polar surface area (TPSA) is 97.2 Å². The molecule has 24 heavy (non-hydrogen) atoms. The number of aromatic nitrogens is 4. The van der Waals surface area contributed by atoms with Gasteiger partial charge in [-0.2, -0.15) is 0 Å². The quantitative estimate of drug-likeness (QED) is 0.852. The van der Waals surface area contributed by atoms with Gasteiger partial charge in [0.25, 0.3) is 0 Å². The Balaban J connectivity index is 2.00. The standard InChI is InChI=1S/C16H25N5O3/c1-3-4-11(2)24-21-13-14(17)18-10-19-15(13)20(16(21)22)9-12-5-7-23-8-6-12/h10-12H,3-9H2,1-2H3,(H2,17,18,19). The van der Waals surface area contributed by atoms with Gasteiger partial charge in [0.1, 0.15) is 12.4 Å². The van der Waals surface area contributed by atoms with Crippen LogP contribution in [-0.4, -0.2) is 38.6 Å². The van der Waals surface area contributed by atoms with E-state index in [-0.39, 0.29) is 17.6 Å². The van der Waals surface area contributed by atoms with Crippen LogP contribution in [0.25, 0.3) is 11.2 Å². The molecule has 1 aliphatic rings. The Bertz CT molecular complexity index is 748. The number of fused-ring (bicyclic) bond motifs is 1. The van der Waals surface area contributed by atoms with Crippen LogP contribution in [0, 0.1) is 5.92 Å². The first-order chi connectivity index (χ1) is 11.6. The number of hydrogen-bond donors (Lipinski definition) is 1. The van der Waals surface area contributed by atoms with E-state index >= 15 is 0 Å². The Hall–Kier alpha value is -2.09. The van der Waals surface area contributed by atoms with E-state index < -0.39 is 0 Å². The summed E-state index contributed by atoms with van der Waals surface area (Å²) in [6, 6.07) is 0. The molecule has 1 atom stereocenters. The van der Waals surface area contributed by atoms with Gasteiger partial charge in [-0.05, 0) is 32.1 Å². The number of ether oxygens (including phenoxy) is 1. The van der Waals surface area contributed by atoms with Gasteiger partial charge in [-0.3, -0.25) is 4.57 Å². The van der Waals surface area contributed by atoms with E-state index in [4.69, 9.17) is 15.3 Å². The fourth-order valence-electron chi connectivity index (χ4n) is 3.16. The summed E-state index contributed by atoms with van der Waals surface area (Å²) in [7, 11) is 0. The zero-order valence-corrected chi connectivity index (χ0v) is 14.3. The molecule has 2 aromatic rings. The first-order valence-electron chi connectivity index (χ1n) is 8.58. The number of rotatable bonds is 6. The molecule has 0 amide bonds. The van der Waals surface area contributed by atoms with Crippen LogP contribution in [0.15, 0.2) is 11.1 Å². The number of anilines is 1. The SMILES string of the molecule is CCCC(C)On1c(=O)n(CC2CCOCC2)c2ncnc(N)c21. The minimum Gasteiger partial charge on any atom is -0.406 e. The van der Waals surface area contributed by atoms with Crippen LogP contribution in [0.3, 0.4) is 0 Å². The van der Waals surface area contributed by atoms with Crippen molar-refractivity contribution in [1.82, 2.24) is 19.3 Å². The fourth-order valence-corrected chi connectivity index (χ4v) is 3.16. The van der Waals surface area contributed by atoms with Gasteiger partial charge < -0.3 is 15.3 Å². The van der Waals surface area contributed by atoms with E-state index in [0.717, 1.165) is 38.9 Å². The van der Waals surface area contributed by atoms with E-state index in [9.17, 15) is 4.79 Å². The van der Waals surface area contributed by atoms with Crippen LogP contribution in [0.2, 0.25) is 0 Å². The van der Waals surface area contributed by atoms with Gasteiger partial charge in [0, 0.05) is 19.8 Å². The summed E-state index contributed by atoms with van der Waals surface area (Å²) in [5, 5.41) is 0. The van der Waals surface area contributed by atoms with Crippen molar-refractivity contribution in [2.24, 2.45) is 5.92 Å². The van der Waals surface area contributed by atoms with E-state index in [1.165, 1.54) is 11.1 Å². The summed E-state index contributed by atoms with van der Waals surface area (Å²) in [5.74, 6) is 0.645. The van der Waals surface area contributed by atoms with Gasteiger partial charge >= 0.3 is 5.69 Å². The molecule has 0 saturated carbocycles. The van der Waals surface area contributed by atoms with Crippen LogP contribution in [0.5, 0.6) is 0 Å². The van der Waals surface area contributed by atoms with Crippen molar-refractivity contribution >= 4 is 17.0 Å². The maximum atomic E-state index is 12.9. The maximum absolute atomic E-state index is 12.9. The zero-order valence-electron chi connectivity index (χ0n) is 14.3. The van der Waals surface area contributed by atoms with Crippen molar-refractivity contribution in [3.05, 3.63) is 16.8 Å². The minimum atomic E-state index is -0.244. The summed E-state index contributed by atoms with van der Waals surface area (Å²) in [4.78, 5) is 27.0. The van der Waals surface area contributed by atoms with Gasteiger partial charge in [-0.25, -0.2) is 14.8 Å². The molecule has 0 aliphatic carbocycles. The van der Waals surface area contributed by atoms with Crippen LogP contribution in [0.1, 0.15) is 39.5 Å². The second-order valence-corrected chi connectivity index (χ2v) is 6.38. The average Bonchev–Trinajstić information content (AvgIpc) is 2.83. The van der Waals surface area contributed by atoms with Crippen molar-refractivity contribution in [3.8, 4) is 0 Å². The van der Waals surface area contributed by atoms with Gasteiger partial charge in [0.05, 0.1) is 0 Å². The fraction of sp³-hybridized carbons (Fsp3) is 0.688. The Kier molecular flexibility index (Phi) is 5.03. The van der Waals surface area contributed by atoms with Crippen LogP contribution < -0.4 is 16.3 Å². The molecule has 1 fully saturated rings. The van der Waals surface area contributed by atoms with E-state index in [1.54, 1.807) is 4.57 Å². The molecule has 0 spiro atoms. The molecular formula is C16H25N5O3. The third kappa shape index (κ3) is 3.24. The smallest absolute Gasteiger partial charge is 0.363 e. The molecule has 0 aromatic carbocycles.